The highest BCUT2D eigenvalue weighted by molar-refractivity contribution is 5.79. The van der Waals surface area contributed by atoms with Crippen molar-refractivity contribution in [2.45, 2.75) is 57.5 Å². The molecule has 23 heavy (non-hydrogen) atoms. The summed E-state index contributed by atoms with van der Waals surface area (Å²) in [5, 5.41) is 3.63. The smallest absolute Gasteiger partial charge is 0.261 e. The lowest BCUT2D eigenvalue weighted by Crippen LogP contribution is -2.39. The highest BCUT2D eigenvalue weighted by Crippen LogP contribution is 2.17. The molecule has 1 N–H and O–H groups in total. The van der Waals surface area contributed by atoms with E-state index in [1.165, 1.54) is 43.0 Å². The predicted octanol–water partition coefficient (Wildman–Crippen LogP) is 2.63. The van der Waals surface area contributed by atoms with E-state index in [1.54, 1.807) is 12.1 Å². The second-order valence-electron chi connectivity index (χ2n) is 6.30. The summed E-state index contributed by atoms with van der Waals surface area (Å²) in [6.07, 6.45) is 9.68. The molecule has 1 aliphatic carbocycles. The Bertz CT molecular complexity index is 730. The van der Waals surface area contributed by atoms with Crippen molar-refractivity contribution < 1.29 is 4.79 Å². The van der Waals surface area contributed by atoms with Gasteiger partial charge in [-0.25, -0.2) is 4.98 Å². The fourth-order valence-corrected chi connectivity index (χ4v) is 3.25. The van der Waals surface area contributed by atoms with Crippen LogP contribution in [0.2, 0.25) is 0 Å². The van der Waals surface area contributed by atoms with Crippen molar-refractivity contribution in [3.8, 4) is 0 Å². The number of carbonyl (C=O) groups excluding carboxylic acids is 1. The van der Waals surface area contributed by atoms with Gasteiger partial charge in [0.2, 0.25) is 5.91 Å². The quantitative estimate of drug-likeness (QED) is 0.947. The van der Waals surface area contributed by atoms with Gasteiger partial charge >= 0.3 is 0 Å². The van der Waals surface area contributed by atoms with Crippen LogP contribution >= 0.6 is 0 Å². The lowest BCUT2D eigenvalue weighted by molar-refractivity contribution is -0.122. The number of nitrogens with zero attached hydrogens (tertiary/aromatic N) is 2. The SMILES string of the molecule is O=C(Cn1cnc2ccccc2c1=O)NC1CCCCCCC1. The van der Waals surface area contributed by atoms with E-state index in [0.717, 1.165) is 12.8 Å². The topological polar surface area (TPSA) is 64.0 Å². The van der Waals surface area contributed by atoms with Gasteiger partial charge in [0.25, 0.3) is 5.56 Å². The summed E-state index contributed by atoms with van der Waals surface area (Å²) in [6.45, 7) is 0.0349. The lowest BCUT2D eigenvalue weighted by Gasteiger charge is -2.21. The van der Waals surface area contributed by atoms with Gasteiger partial charge in [-0.1, -0.05) is 44.2 Å². The van der Waals surface area contributed by atoms with Crippen LogP contribution in [0.15, 0.2) is 35.4 Å². The standard InChI is InChI=1S/C18H23N3O2/c22-17(20-14-8-4-2-1-3-5-9-14)12-21-13-19-16-11-7-6-10-15(16)18(21)23/h6-7,10-11,13-14H,1-5,8-9,12H2,(H,20,22). The Morgan fingerprint density at radius 2 is 1.83 bits per heavy atom. The maximum absolute atomic E-state index is 12.4. The molecule has 0 saturated heterocycles. The van der Waals surface area contributed by atoms with Crippen LogP contribution in [0.3, 0.4) is 0 Å². The summed E-state index contributed by atoms with van der Waals surface area (Å²) in [4.78, 5) is 28.9. The van der Waals surface area contributed by atoms with Gasteiger partial charge in [-0.15, -0.1) is 0 Å². The number of amides is 1. The van der Waals surface area contributed by atoms with Crippen LogP contribution in [0, 0.1) is 0 Å². The first-order valence-corrected chi connectivity index (χ1v) is 8.47. The second kappa shape index (κ2) is 7.40. The molecule has 1 amide bonds. The van der Waals surface area contributed by atoms with Gasteiger partial charge in [0.1, 0.15) is 6.54 Å². The molecule has 1 aromatic carbocycles. The molecule has 0 bridgehead atoms. The Labute approximate surface area is 135 Å². The van der Waals surface area contributed by atoms with Crippen LogP contribution in [0.1, 0.15) is 44.9 Å². The van der Waals surface area contributed by atoms with Crippen molar-refractivity contribution in [2.24, 2.45) is 0 Å². The Balaban J connectivity index is 1.67. The van der Waals surface area contributed by atoms with Gasteiger partial charge in [-0.3, -0.25) is 14.2 Å². The van der Waals surface area contributed by atoms with E-state index < -0.39 is 0 Å². The Kier molecular flexibility index (Phi) is 5.05. The molecule has 1 heterocycles. The molecular weight excluding hydrogens is 290 g/mol. The first-order valence-electron chi connectivity index (χ1n) is 8.47. The fourth-order valence-electron chi connectivity index (χ4n) is 3.25. The van der Waals surface area contributed by atoms with Crippen LogP contribution in [0.4, 0.5) is 0 Å². The average molecular weight is 313 g/mol. The Morgan fingerprint density at radius 3 is 2.61 bits per heavy atom. The van der Waals surface area contributed by atoms with Crippen molar-refractivity contribution in [1.82, 2.24) is 14.9 Å². The predicted molar refractivity (Wildman–Crippen MR) is 90.3 cm³/mol. The van der Waals surface area contributed by atoms with Crippen LogP contribution in [0.25, 0.3) is 10.9 Å². The molecule has 5 nitrogen and oxygen atoms in total. The number of para-hydroxylation sites is 1. The van der Waals surface area contributed by atoms with Gasteiger partial charge < -0.3 is 5.32 Å². The van der Waals surface area contributed by atoms with Crippen LogP contribution < -0.4 is 10.9 Å². The Hall–Kier alpha value is -2.17. The molecule has 5 heteroatoms. The maximum atomic E-state index is 12.4. The number of aromatic nitrogens is 2. The first-order chi connectivity index (χ1) is 11.2. The molecule has 0 aliphatic heterocycles. The molecule has 3 rings (SSSR count). The van der Waals surface area contributed by atoms with E-state index in [9.17, 15) is 9.59 Å². The third-order valence-corrected chi connectivity index (χ3v) is 4.52. The van der Waals surface area contributed by atoms with Crippen molar-refractivity contribution in [3.63, 3.8) is 0 Å². The van der Waals surface area contributed by atoms with Gasteiger partial charge in [0, 0.05) is 6.04 Å². The number of fused-ring (bicyclic) bond motifs is 1. The first kappa shape index (κ1) is 15.7. The summed E-state index contributed by atoms with van der Waals surface area (Å²) in [7, 11) is 0. The van der Waals surface area contributed by atoms with Crippen LogP contribution in [-0.2, 0) is 11.3 Å². The van der Waals surface area contributed by atoms with Crippen LogP contribution in [-0.4, -0.2) is 21.5 Å². The monoisotopic (exact) mass is 313 g/mol. The van der Waals surface area contributed by atoms with Gasteiger partial charge in [0.15, 0.2) is 0 Å². The highest BCUT2D eigenvalue weighted by atomic mass is 16.2. The number of carbonyl (C=O) groups is 1. The molecule has 0 radical (unpaired) electrons. The van der Waals surface area contributed by atoms with E-state index in [-0.39, 0.29) is 24.1 Å². The minimum Gasteiger partial charge on any atom is -0.352 e. The molecule has 122 valence electrons. The van der Waals surface area contributed by atoms with Crippen molar-refractivity contribution in [3.05, 3.63) is 40.9 Å². The second-order valence-corrected chi connectivity index (χ2v) is 6.30. The molecule has 1 saturated carbocycles. The summed E-state index contributed by atoms with van der Waals surface area (Å²) >= 11 is 0. The van der Waals surface area contributed by atoms with Crippen molar-refractivity contribution >= 4 is 16.8 Å². The number of nitrogens with one attached hydrogen (secondary N) is 1. The summed E-state index contributed by atoms with van der Waals surface area (Å²) < 4.78 is 1.39. The molecule has 0 atom stereocenters. The average Bonchev–Trinajstić information content (AvgIpc) is 2.53. The third-order valence-electron chi connectivity index (χ3n) is 4.52. The van der Waals surface area contributed by atoms with E-state index >= 15 is 0 Å². The maximum Gasteiger partial charge on any atom is 0.261 e. The summed E-state index contributed by atoms with van der Waals surface area (Å²) in [5.74, 6) is -0.102. The summed E-state index contributed by atoms with van der Waals surface area (Å²) in [5.41, 5.74) is 0.498. The molecule has 1 fully saturated rings. The zero-order valence-corrected chi connectivity index (χ0v) is 13.3. The van der Waals surface area contributed by atoms with Crippen LogP contribution in [0.5, 0.6) is 0 Å². The molecule has 1 aromatic heterocycles. The normalized spacial score (nSPS) is 16.7. The van der Waals surface area contributed by atoms with E-state index in [1.807, 2.05) is 12.1 Å². The van der Waals surface area contributed by atoms with E-state index in [0.29, 0.717) is 10.9 Å². The van der Waals surface area contributed by atoms with Crippen molar-refractivity contribution in [2.75, 3.05) is 0 Å². The number of benzene rings is 1. The van der Waals surface area contributed by atoms with E-state index in [4.69, 9.17) is 0 Å². The van der Waals surface area contributed by atoms with Gasteiger partial charge in [0.05, 0.1) is 17.2 Å². The van der Waals surface area contributed by atoms with Gasteiger partial charge in [-0.2, -0.15) is 0 Å². The third kappa shape index (κ3) is 3.97. The molecule has 1 aliphatic rings. The molecule has 0 spiro atoms. The molecule has 2 aromatic rings. The zero-order chi connectivity index (χ0) is 16.1. The summed E-state index contributed by atoms with van der Waals surface area (Å²) in [6, 6.07) is 7.45. The minimum absolute atomic E-state index is 0.0349. The lowest BCUT2D eigenvalue weighted by atomic mass is 9.97. The van der Waals surface area contributed by atoms with Crippen molar-refractivity contribution in [1.29, 1.82) is 0 Å². The number of rotatable bonds is 3. The van der Waals surface area contributed by atoms with Gasteiger partial charge in [-0.05, 0) is 25.0 Å². The zero-order valence-electron chi connectivity index (χ0n) is 13.3. The number of hydrogen-bond acceptors (Lipinski definition) is 3. The number of hydrogen-bond donors (Lipinski definition) is 1. The fraction of sp³-hybridized carbons (Fsp3) is 0.500. The van der Waals surface area contributed by atoms with E-state index in [2.05, 4.69) is 10.3 Å². The molecule has 0 unspecified atom stereocenters. The largest absolute Gasteiger partial charge is 0.352 e. The minimum atomic E-state index is -0.164. The molecular formula is C18H23N3O2. The Morgan fingerprint density at radius 1 is 1.13 bits per heavy atom. The highest BCUT2D eigenvalue weighted by Gasteiger charge is 2.15.